The predicted octanol–water partition coefficient (Wildman–Crippen LogP) is 2.24. The van der Waals surface area contributed by atoms with Gasteiger partial charge in [0.2, 0.25) is 0 Å². The molecule has 0 fully saturated rings. The van der Waals surface area contributed by atoms with Gasteiger partial charge in [0.15, 0.2) is 0 Å². The van der Waals surface area contributed by atoms with Gasteiger partial charge in [-0.25, -0.2) is 9.97 Å². The van der Waals surface area contributed by atoms with E-state index in [0.29, 0.717) is 5.92 Å². The average molecular weight is 279 g/mol. The van der Waals surface area contributed by atoms with Crippen LogP contribution in [0.25, 0.3) is 0 Å². The molecule has 0 aliphatic heterocycles. The molecule has 5 nitrogen and oxygen atoms in total. The zero-order valence-electron chi connectivity index (χ0n) is 13.8. The highest BCUT2D eigenvalue weighted by Gasteiger charge is 2.12. The highest BCUT2D eigenvalue weighted by Crippen LogP contribution is 2.17. The van der Waals surface area contributed by atoms with Crippen LogP contribution in [0.3, 0.4) is 0 Å². The molecule has 0 unspecified atom stereocenters. The van der Waals surface area contributed by atoms with Crippen LogP contribution in [0.2, 0.25) is 0 Å². The van der Waals surface area contributed by atoms with Gasteiger partial charge in [-0.2, -0.15) is 0 Å². The number of hydrogen-bond donors (Lipinski definition) is 1. The zero-order chi connectivity index (χ0) is 15.1. The van der Waals surface area contributed by atoms with E-state index in [0.717, 1.165) is 43.6 Å². The molecule has 1 aromatic rings. The summed E-state index contributed by atoms with van der Waals surface area (Å²) in [5.74, 6) is 3.35. The van der Waals surface area contributed by atoms with E-state index in [9.17, 15) is 0 Å². The topological polar surface area (TPSA) is 44.3 Å². The Balaban J connectivity index is 2.92. The molecule has 0 saturated heterocycles. The van der Waals surface area contributed by atoms with Crippen molar-refractivity contribution in [2.45, 2.75) is 27.7 Å². The van der Waals surface area contributed by atoms with Gasteiger partial charge in [0, 0.05) is 32.2 Å². The van der Waals surface area contributed by atoms with Crippen molar-refractivity contribution in [3.8, 4) is 0 Å². The van der Waals surface area contributed by atoms with Crippen molar-refractivity contribution in [2.75, 3.05) is 50.5 Å². The van der Waals surface area contributed by atoms with E-state index in [1.807, 2.05) is 6.92 Å². The monoisotopic (exact) mass is 279 g/mol. The first-order chi connectivity index (χ1) is 9.42. The van der Waals surface area contributed by atoms with Crippen LogP contribution in [0.15, 0.2) is 6.07 Å². The third kappa shape index (κ3) is 5.74. The number of aryl methyl sites for hydroxylation is 1. The maximum atomic E-state index is 4.60. The van der Waals surface area contributed by atoms with E-state index in [1.54, 1.807) is 0 Å². The van der Waals surface area contributed by atoms with Gasteiger partial charge in [-0.1, -0.05) is 13.8 Å². The Labute approximate surface area is 123 Å². The minimum atomic E-state index is 0.606. The van der Waals surface area contributed by atoms with Crippen molar-refractivity contribution < 1.29 is 0 Å². The molecule has 0 aliphatic rings. The van der Waals surface area contributed by atoms with Gasteiger partial charge < -0.3 is 15.1 Å². The second-order valence-electron chi connectivity index (χ2n) is 5.83. The Morgan fingerprint density at radius 1 is 1.20 bits per heavy atom. The number of nitrogens with one attached hydrogen (secondary N) is 1. The molecule has 1 rings (SSSR count). The van der Waals surface area contributed by atoms with Crippen molar-refractivity contribution in [3.05, 3.63) is 11.9 Å². The van der Waals surface area contributed by atoms with Crippen LogP contribution in [0, 0.1) is 12.8 Å². The van der Waals surface area contributed by atoms with Crippen molar-refractivity contribution in [3.63, 3.8) is 0 Å². The molecule has 0 aliphatic carbocycles. The summed E-state index contributed by atoms with van der Waals surface area (Å²) in [5, 5.41) is 3.27. The minimum Gasteiger partial charge on any atom is -0.370 e. The molecular weight excluding hydrogens is 250 g/mol. The largest absolute Gasteiger partial charge is 0.370 e. The highest BCUT2D eigenvalue weighted by atomic mass is 15.2. The lowest BCUT2D eigenvalue weighted by Crippen LogP contribution is -2.35. The van der Waals surface area contributed by atoms with Crippen LogP contribution in [-0.4, -0.2) is 55.1 Å². The van der Waals surface area contributed by atoms with E-state index in [1.165, 1.54) is 0 Å². The summed E-state index contributed by atoms with van der Waals surface area (Å²) in [6.45, 7) is 12.4. The Morgan fingerprint density at radius 2 is 1.90 bits per heavy atom. The minimum absolute atomic E-state index is 0.606. The first-order valence-electron chi connectivity index (χ1n) is 7.41. The molecular formula is C15H29N5. The van der Waals surface area contributed by atoms with E-state index in [4.69, 9.17) is 0 Å². The quantitative estimate of drug-likeness (QED) is 0.790. The SMILES string of the molecule is CCNc1cc(N(CCN(C)C)CC(C)C)nc(C)n1. The third-order valence-electron chi connectivity index (χ3n) is 2.91. The summed E-state index contributed by atoms with van der Waals surface area (Å²) in [6.07, 6.45) is 0. The van der Waals surface area contributed by atoms with Gasteiger partial charge in [0.25, 0.3) is 0 Å². The van der Waals surface area contributed by atoms with Crippen molar-refractivity contribution >= 4 is 11.6 Å². The molecule has 1 N–H and O–H groups in total. The summed E-state index contributed by atoms with van der Waals surface area (Å²) in [4.78, 5) is 13.6. The van der Waals surface area contributed by atoms with Gasteiger partial charge in [-0.05, 0) is 33.9 Å². The molecule has 20 heavy (non-hydrogen) atoms. The predicted molar refractivity (Wildman–Crippen MR) is 86.5 cm³/mol. The van der Waals surface area contributed by atoms with Crippen LogP contribution >= 0.6 is 0 Å². The first kappa shape index (κ1) is 16.7. The Bertz CT molecular complexity index is 403. The number of nitrogens with zero attached hydrogens (tertiary/aromatic N) is 4. The van der Waals surface area contributed by atoms with Crippen LogP contribution < -0.4 is 10.2 Å². The zero-order valence-corrected chi connectivity index (χ0v) is 13.8. The summed E-state index contributed by atoms with van der Waals surface area (Å²) < 4.78 is 0. The number of aromatic nitrogens is 2. The smallest absolute Gasteiger partial charge is 0.134 e. The van der Waals surface area contributed by atoms with Gasteiger partial charge >= 0.3 is 0 Å². The average Bonchev–Trinajstić information content (AvgIpc) is 2.33. The molecule has 0 saturated carbocycles. The second-order valence-corrected chi connectivity index (χ2v) is 5.83. The maximum Gasteiger partial charge on any atom is 0.134 e. The number of likely N-dealkylation sites (N-methyl/N-ethyl adjacent to an activating group) is 1. The number of anilines is 2. The Morgan fingerprint density at radius 3 is 2.45 bits per heavy atom. The Hall–Kier alpha value is -1.36. The summed E-state index contributed by atoms with van der Waals surface area (Å²) in [5.41, 5.74) is 0. The number of hydrogen-bond acceptors (Lipinski definition) is 5. The fourth-order valence-electron chi connectivity index (χ4n) is 2.05. The van der Waals surface area contributed by atoms with E-state index >= 15 is 0 Å². The van der Waals surface area contributed by atoms with Crippen LogP contribution in [-0.2, 0) is 0 Å². The molecule has 1 heterocycles. The Kier molecular flexibility index (Phi) is 6.71. The molecule has 0 radical (unpaired) electrons. The summed E-state index contributed by atoms with van der Waals surface area (Å²) in [7, 11) is 4.20. The normalized spacial score (nSPS) is 11.2. The fraction of sp³-hybridized carbons (Fsp3) is 0.733. The van der Waals surface area contributed by atoms with Crippen LogP contribution in [0.1, 0.15) is 26.6 Å². The molecule has 0 amide bonds. The van der Waals surface area contributed by atoms with Crippen LogP contribution in [0.4, 0.5) is 11.6 Å². The standard InChI is InChI=1S/C15H29N5/c1-7-16-14-10-15(18-13(4)17-14)20(11-12(2)3)9-8-19(5)6/h10,12H,7-9,11H2,1-6H3,(H,16,17,18). The van der Waals surface area contributed by atoms with E-state index in [2.05, 4.69) is 66.0 Å². The van der Waals surface area contributed by atoms with Crippen LogP contribution in [0.5, 0.6) is 0 Å². The van der Waals surface area contributed by atoms with Crippen molar-refractivity contribution in [2.24, 2.45) is 5.92 Å². The van der Waals surface area contributed by atoms with Gasteiger partial charge in [0.05, 0.1) is 0 Å². The lowest BCUT2D eigenvalue weighted by atomic mass is 10.2. The van der Waals surface area contributed by atoms with Gasteiger partial charge in [-0.15, -0.1) is 0 Å². The van der Waals surface area contributed by atoms with Gasteiger partial charge in [-0.3, -0.25) is 0 Å². The lowest BCUT2D eigenvalue weighted by Gasteiger charge is -2.27. The highest BCUT2D eigenvalue weighted by molar-refractivity contribution is 5.49. The maximum absolute atomic E-state index is 4.60. The number of rotatable bonds is 8. The van der Waals surface area contributed by atoms with Crippen molar-refractivity contribution in [1.29, 1.82) is 0 Å². The molecule has 114 valence electrons. The first-order valence-corrected chi connectivity index (χ1v) is 7.41. The molecule has 0 spiro atoms. The van der Waals surface area contributed by atoms with Gasteiger partial charge in [0.1, 0.15) is 17.5 Å². The lowest BCUT2D eigenvalue weighted by molar-refractivity contribution is 0.408. The summed E-state index contributed by atoms with van der Waals surface area (Å²) >= 11 is 0. The molecule has 0 aromatic carbocycles. The molecule has 5 heteroatoms. The fourth-order valence-corrected chi connectivity index (χ4v) is 2.05. The van der Waals surface area contributed by atoms with E-state index in [-0.39, 0.29) is 0 Å². The molecule has 0 bridgehead atoms. The third-order valence-corrected chi connectivity index (χ3v) is 2.91. The van der Waals surface area contributed by atoms with Crippen molar-refractivity contribution in [1.82, 2.24) is 14.9 Å². The summed E-state index contributed by atoms with van der Waals surface area (Å²) in [6, 6.07) is 2.05. The van der Waals surface area contributed by atoms with E-state index < -0.39 is 0 Å². The second kappa shape index (κ2) is 8.04. The molecule has 0 atom stereocenters. The molecule has 1 aromatic heterocycles.